The molecule has 5 heteroatoms. The summed E-state index contributed by atoms with van der Waals surface area (Å²) in [5.41, 5.74) is 0.938. The molecule has 1 saturated carbocycles. The molecule has 4 rings (SSSR count). The Bertz CT molecular complexity index is 719. The van der Waals surface area contributed by atoms with Crippen molar-refractivity contribution in [3.8, 4) is 0 Å². The quantitative estimate of drug-likeness (QED) is 0.487. The van der Waals surface area contributed by atoms with Crippen LogP contribution in [0.5, 0.6) is 0 Å². The maximum Gasteiger partial charge on any atom is 0.338 e. The van der Waals surface area contributed by atoms with Crippen molar-refractivity contribution in [3.63, 3.8) is 0 Å². The maximum atomic E-state index is 12.7. The van der Waals surface area contributed by atoms with Gasteiger partial charge in [-0.1, -0.05) is 12.2 Å². The predicted octanol–water partition coefficient (Wildman–Crippen LogP) is 2.56. The van der Waals surface area contributed by atoms with E-state index in [0.717, 1.165) is 6.42 Å². The van der Waals surface area contributed by atoms with Crippen molar-refractivity contribution < 1.29 is 19.1 Å². The van der Waals surface area contributed by atoms with Crippen LogP contribution in [-0.4, -0.2) is 23.9 Å². The van der Waals surface area contributed by atoms with Crippen molar-refractivity contribution in [3.05, 3.63) is 42.0 Å². The number of esters is 1. The summed E-state index contributed by atoms with van der Waals surface area (Å²) in [5.74, 6) is -0.659. The Kier molecular flexibility index (Phi) is 3.34. The molecular formula is C19H19NO4. The van der Waals surface area contributed by atoms with Gasteiger partial charge in [0.25, 0.3) is 0 Å². The zero-order valence-corrected chi connectivity index (χ0v) is 13.6. The van der Waals surface area contributed by atoms with Gasteiger partial charge in [-0.2, -0.15) is 0 Å². The van der Waals surface area contributed by atoms with Crippen molar-refractivity contribution in [2.75, 3.05) is 4.90 Å². The fourth-order valence-electron chi connectivity index (χ4n) is 4.19. The Balaban J connectivity index is 1.58. The van der Waals surface area contributed by atoms with Gasteiger partial charge in [0.2, 0.25) is 11.8 Å². The van der Waals surface area contributed by atoms with E-state index in [1.54, 1.807) is 38.1 Å². The van der Waals surface area contributed by atoms with Gasteiger partial charge in [-0.25, -0.2) is 4.79 Å². The molecule has 24 heavy (non-hydrogen) atoms. The minimum atomic E-state index is -0.408. The van der Waals surface area contributed by atoms with Crippen LogP contribution in [0.15, 0.2) is 36.4 Å². The first kappa shape index (κ1) is 15.1. The maximum absolute atomic E-state index is 12.7. The Morgan fingerprint density at radius 1 is 1.04 bits per heavy atom. The summed E-state index contributed by atoms with van der Waals surface area (Å²) < 4.78 is 5.15. The summed E-state index contributed by atoms with van der Waals surface area (Å²) >= 11 is 0. The first-order chi connectivity index (χ1) is 11.5. The molecule has 5 nitrogen and oxygen atoms in total. The second kappa shape index (κ2) is 5.30. The highest BCUT2D eigenvalue weighted by atomic mass is 16.5. The van der Waals surface area contributed by atoms with E-state index in [1.807, 2.05) is 0 Å². The van der Waals surface area contributed by atoms with Crippen LogP contribution in [-0.2, 0) is 14.3 Å². The second-order valence-corrected chi connectivity index (χ2v) is 7.01. The highest BCUT2D eigenvalue weighted by Gasteiger charge is 2.59. The van der Waals surface area contributed by atoms with Crippen molar-refractivity contribution in [1.29, 1.82) is 0 Å². The van der Waals surface area contributed by atoms with Crippen LogP contribution in [0.3, 0.4) is 0 Å². The number of ether oxygens (including phenoxy) is 1. The zero-order chi connectivity index (χ0) is 17.0. The number of allylic oxidation sites excluding steroid dienone is 2. The van der Waals surface area contributed by atoms with E-state index in [4.69, 9.17) is 4.74 Å². The highest BCUT2D eigenvalue weighted by molar-refractivity contribution is 6.22. The minimum Gasteiger partial charge on any atom is -0.459 e. The van der Waals surface area contributed by atoms with Crippen molar-refractivity contribution >= 4 is 23.5 Å². The summed E-state index contributed by atoms with van der Waals surface area (Å²) in [4.78, 5) is 38.6. The summed E-state index contributed by atoms with van der Waals surface area (Å²) in [6.07, 6.45) is 4.87. The average molecular weight is 325 g/mol. The first-order valence-corrected chi connectivity index (χ1v) is 8.34. The van der Waals surface area contributed by atoms with Crippen molar-refractivity contribution in [2.45, 2.75) is 26.4 Å². The third kappa shape index (κ3) is 2.11. The molecule has 1 saturated heterocycles. The SMILES string of the molecule is CC(C)OC(=O)c1ccc(N2C(=O)[C@@H]3[C@H](C2=O)[C@H]2C=C[C@H]3C2)cc1. The van der Waals surface area contributed by atoms with E-state index in [1.165, 1.54) is 4.90 Å². The molecule has 0 N–H and O–H groups in total. The summed E-state index contributed by atoms with van der Waals surface area (Å²) in [6.45, 7) is 3.57. The number of nitrogens with zero attached hydrogens (tertiary/aromatic N) is 1. The lowest BCUT2D eigenvalue weighted by Gasteiger charge is -2.17. The third-order valence-corrected chi connectivity index (χ3v) is 5.17. The van der Waals surface area contributed by atoms with Crippen LogP contribution in [0, 0.1) is 23.7 Å². The number of hydrogen-bond acceptors (Lipinski definition) is 4. The van der Waals surface area contributed by atoms with Crippen LogP contribution >= 0.6 is 0 Å². The Hall–Kier alpha value is -2.43. The molecule has 0 radical (unpaired) electrons. The van der Waals surface area contributed by atoms with Gasteiger partial charge in [-0.05, 0) is 56.4 Å². The number of carbonyl (C=O) groups is 3. The molecular weight excluding hydrogens is 306 g/mol. The standard InChI is InChI=1S/C19H19NO4/c1-10(2)24-19(23)11-5-7-14(8-6-11)20-17(21)15-12-3-4-13(9-12)16(15)18(20)22/h3-8,10,12-13,15-16H,9H2,1-2H3/t12-,13-,15-,16+/m0/s1. The van der Waals surface area contributed by atoms with Gasteiger partial charge in [0, 0.05) is 0 Å². The lowest BCUT2D eigenvalue weighted by Crippen LogP contribution is -2.32. The molecule has 2 bridgehead atoms. The fraction of sp³-hybridized carbons (Fsp3) is 0.421. The smallest absolute Gasteiger partial charge is 0.338 e. The van der Waals surface area contributed by atoms with Crippen molar-refractivity contribution in [1.82, 2.24) is 0 Å². The van der Waals surface area contributed by atoms with Gasteiger partial charge in [0.05, 0.1) is 29.2 Å². The largest absolute Gasteiger partial charge is 0.459 e. The number of benzene rings is 1. The lowest BCUT2D eigenvalue weighted by atomic mass is 9.85. The monoisotopic (exact) mass is 325 g/mol. The van der Waals surface area contributed by atoms with E-state index >= 15 is 0 Å². The molecule has 1 aromatic rings. The highest BCUT2D eigenvalue weighted by Crippen LogP contribution is 2.53. The summed E-state index contributed by atoms with van der Waals surface area (Å²) in [5, 5.41) is 0. The van der Waals surface area contributed by atoms with Crippen LogP contribution in [0.2, 0.25) is 0 Å². The molecule has 2 amide bonds. The van der Waals surface area contributed by atoms with Crippen LogP contribution in [0.1, 0.15) is 30.6 Å². The molecule has 3 aliphatic rings. The van der Waals surface area contributed by atoms with Gasteiger partial charge >= 0.3 is 5.97 Å². The molecule has 0 spiro atoms. The third-order valence-electron chi connectivity index (χ3n) is 5.17. The van der Waals surface area contributed by atoms with Gasteiger partial charge in [0.1, 0.15) is 0 Å². The Morgan fingerprint density at radius 2 is 1.58 bits per heavy atom. The van der Waals surface area contributed by atoms with Crippen molar-refractivity contribution in [2.24, 2.45) is 23.7 Å². The first-order valence-electron chi connectivity index (χ1n) is 8.34. The zero-order valence-electron chi connectivity index (χ0n) is 13.6. The molecule has 2 aliphatic carbocycles. The summed E-state index contributed by atoms with van der Waals surface area (Å²) in [6, 6.07) is 6.48. The second-order valence-electron chi connectivity index (χ2n) is 7.01. The summed E-state index contributed by atoms with van der Waals surface area (Å²) in [7, 11) is 0. The van der Waals surface area contributed by atoms with E-state index in [0.29, 0.717) is 11.3 Å². The molecule has 1 heterocycles. The number of carbonyl (C=O) groups excluding carboxylic acids is 3. The van der Waals surface area contributed by atoms with Gasteiger partial charge < -0.3 is 4.74 Å². The molecule has 2 fully saturated rings. The Labute approximate surface area is 140 Å². The van der Waals surface area contributed by atoms with Crippen LogP contribution < -0.4 is 4.90 Å². The van der Waals surface area contributed by atoms with E-state index < -0.39 is 5.97 Å². The lowest BCUT2D eigenvalue weighted by molar-refractivity contribution is -0.123. The normalized spacial score (nSPS) is 30.4. The number of fused-ring (bicyclic) bond motifs is 5. The fourth-order valence-corrected chi connectivity index (χ4v) is 4.19. The number of imide groups is 1. The molecule has 0 aromatic heterocycles. The Morgan fingerprint density at radius 3 is 2.08 bits per heavy atom. The molecule has 1 aliphatic heterocycles. The number of amides is 2. The molecule has 124 valence electrons. The van der Waals surface area contributed by atoms with Crippen LogP contribution in [0.25, 0.3) is 0 Å². The number of rotatable bonds is 3. The van der Waals surface area contributed by atoms with Gasteiger partial charge in [-0.15, -0.1) is 0 Å². The van der Waals surface area contributed by atoms with E-state index in [-0.39, 0.29) is 41.6 Å². The predicted molar refractivity (Wildman–Crippen MR) is 87.2 cm³/mol. The number of anilines is 1. The van der Waals surface area contributed by atoms with Gasteiger partial charge in [0.15, 0.2) is 0 Å². The van der Waals surface area contributed by atoms with Gasteiger partial charge in [-0.3, -0.25) is 14.5 Å². The molecule has 4 atom stereocenters. The molecule has 1 aromatic carbocycles. The minimum absolute atomic E-state index is 0.112. The molecule has 0 unspecified atom stereocenters. The van der Waals surface area contributed by atoms with E-state index in [2.05, 4.69) is 12.2 Å². The van der Waals surface area contributed by atoms with Crippen LogP contribution in [0.4, 0.5) is 5.69 Å². The van der Waals surface area contributed by atoms with E-state index in [9.17, 15) is 14.4 Å². The topological polar surface area (TPSA) is 63.7 Å². The average Bonchev–Trinajstić information content (AvgIpc) is 3.21. The number of hydrogen-bond donors (Lipinski definition) is 0.